The molecule has 2 aromatic rings. The molecule has 0 N–H and O–H groups in total. The average Bonchev–Trinajstić information content (AvgIpc) is 2.84. The Morgan fingerprint density at radius 1 is 1.05 bits per heavy atom. The smallest absolute Gasteiger partial charge is 0.0717 e. The molecule has 2 atom stereocenters. The molecule has 0 aromatic carbocycles. The summed E-state index contributed by atoms with van der Waals surface area (Å²) < 4.78 is 0. The standard InChI is InChI=1S/C17H19N3/c1-3-14(11-18-8-1)16-5-4-15(12-19-16)17-6-2-9-20(13-17)10-7-17/h1,3-5,8,11-12H,2,6-7,9-10,13H2. The molecule has 4 rings (SSSR count). The van der Waals surface area contributed by atoms with E-state index < -0.39 is 0 Å². The molecule has 2 aliphatic heterocycles. The lowest BCUT2D eigenvalue weighted by Crippen LogP contribution is -2.36. The van der Waals surface area contributed by atoms with Gasteiger partial charge in [-0.05, 0) is 56.1 Å². The Balaban J connectivity index is 1.65. The lowest BCUT2D eigenvalue weighted by molar-refractivity contribution is 0.243. The third kappa shape index (κ3) is 1.93. The van der Waals surface area contributed by atoms with Gasteiger partial charge in [-0.25, -0.2) is 0 Å². The highest BCUT2D eigenvalue weighted by Gasteiger charge is 2.42. The van der Waals surface area contributed by atoms with Crippen LogP contribution in [0.25, 0.3) is 11.3 Å². The molecule has 0 aliphatic carbocycles. The molecule has 2 unspecified atom stereocenters. The number of fused-ring (bicyclic) bond motifs is 2. The summed E-state index contributed by atoms with van der Waals surface area (Å²) in [4.78, 5) is 11.4. The predicted molar refractivity (Wildman–Crippen MR) is 79.4 cm³/mol. The first-order valence-electron chi connectivity index (χ1n) is 7.45. The number of hydrogen-bond acceptors (Lipinski definition) is 3. The Hall–Kier alpha value is -1.74. The van der Waals surface area contributed by atoms with Crippen LogP contribution < -0.4 is 0 Å². The van der Waals surface area contributed by atoms with Crippen molar-refractivity contribution in [3.8, 4) is 11.3 Å². The first-order chi connectivity index (χ1) is 9.86. The number of rotatable bonds is 2. The SMILES string of the molecule is c1cncc(-c2ccc(C34CCCN(CC3)C4)cn2)c1. The van der Waals surface area contributed by atoms with Gasteiger partial charge in [-0.2, -0.15) is 0 Å². The summed E-state index contributed by atoms with van der Waals surface area (Å²) >= 11 is 0. The van der Waals surface area contributed by atoms with Crippen molar-refractivity contribution in [2.45, 2.75) is 24.7 Å². The zero-order valence-corrected chi connectivity index (χ0v) is 11.6. The molecule has 0 radical (unpaired) electrons. The second kappa shape index (κ2) is 4.67. The fourth-order valence-electron chi connectivity index (χ4n) is 3.77. The summed E-state index contributed by atoms with van der Waals surface area (Å²) in [5, 5.41) is 0. The van der Waals surface area contributed by atoms with Gasteiger partial charge in [0.25, 0.3) is 0 Å². The van der Waals surface area contributed by atoms with E-state index in [0.29, 0.717) is 5.41 Å². The first-order valence-corrected chi connectivity index (χ1v) is 7.45. The Labute approximate surface area is 119 Å². The van der Waals surface area contributed by atoms with E-state index in [9.17, 15) is 0 Å². The predicted octanol–water partition coefficient (Wildman–Crippen LogP) is 2.88. The molecule has 20 heavy (non-hydrogen) atoms. The molecule has 2 aromatic heterocycles. The Bertz CT molecular complexity index is 589. The van der Waals surface area contributed by atoms with Gasteiger partial charge < -0.3 is 4.90 Å². The first kappa shape index (κ1) is 12.0. The molecule has 4 heterocycles. The summed E-state index contributed by atoms with van der Waals surface area (Å²) in [6, 6.07) is 8.45. The normalized spacial score (nSPS) is 28.5. The van der Waals surface area contributed by atoms with Crippen molar-refractivity contribution in [1.29, 1.82) is 0 Å². The summed E-state index contributed by atoms with van der Waals surface area (Å²) in [5.41, 5.74) is 3.91. The molecular formula is C17H19N3. The molecule has 2 fully saturated rings. The fraction of sp³-hybridized carbons (Fsp3) is 0.412. The lowest BCUT2D eigenvalue weighted by Gasteiger charge is -2.34. The number of piperidine rings is 1. The van der Waals surface area contributed by atoms with E-state index in [1.807, 2.05) is 12.3 Å². The molecule has 2 saturated heterocycles. The van der Waals surface area contributed by atoms with Gasteiger partial charge in [-0.15, -0.1) is 0 Å². The van der Waals surface area contributed by atoms with Gasteiger partial charge >= 0.3 is 0 Å². The van der Waals surface area contributed by atoms with E-state index in [0.717, 1.165) is 11.3 Å². The molecule has 0 amide bonds. The summed E-state index contributed by atoms with van der Waals surface area (Å²) in [5.74, 6) is 0. The van der Waals surface area contributed by atoms with Crippen LogP contribution in [0.3, 0.4) is 0 Å². The van der Waals surface area contributed by atoms with Crippen molar-refractivity contribution in [1.82, 2.24) is 14.9 Å². The Kier molecular flexibility index (Phi) is 2.81. The second-order valence-corrected chi connectivity index (χ2v) is 6.08. The molecule has 3 nitrogen and oxygen atoms in total. The van der Waals surface area contributed by atoms with Gasteiger partial charge in [-0.1, -0.05) is 6.07 Å². The van der Waals surface area contributed by atoms with Gasteiger partial charge in [0, 0.05) is 36.1 Å². The van der Waals surface area contributed by atoms with Crippen LogP contribution in [0.15, 0.2) is 42.9 Å². The summed E-state index contributed by atoms with van der Waals surface area (Å²) in [6.07, 6.45) is 9.70. The van der Waals surface area contributed by atoms with Gasteiger partial charge in [-0.3, -0.25) is 9.97 Å². The fourth-order valence-corrected chi connectivity index (χ4v) is 3.77. The van der Waals surface area contributed by atoms with Crippen molar-refractivity contribution in [2.75, 3.05) is 19.6 Å². The number of hydrogen-bond donors (Lipinski definition) is 0. The van der Waals surface area contributed by atoms with Crippen LogP contribution in [0.1, 0.15) is 24.8 Å². The van der Waals surface area contributed by atoms with Gasteiger partial charge in [0.2, 0.25) is 0 Å². The van der Waals surface area contributed by atoms with Crippen LogP contribution in [-0.4, -0.2) is 34.5 Å². The minimum Gasteiger partial charge on any atom is -0.302 e. The monoisotopic (exact) mass is 265 g/mol. The minimum atomic E-state index is 0.374. The van der Waals surface area contributed by atoms with Crippen LogP contribution >= 0.6 is 0 Å². The third-order valence-electron chi connectivity index (χ3n) is 4.90. The molecule has 2 bridgehead atoms. The quantitative estimate of drug-likeness (QED) is 0.836. The number of pyridine rings is 2. The Morgan fingerprint density at radius 2 is 2.05 bits per heavy atom. The maximum atomic E-state index is 4.68. The zero-order chi connectivity index (χ0) is 13.4. The molecule has 0 saturated carbocycles. The second-order valence-electron chi connectivity index (χ2n) is 6.08. The zero-order valence-electron chi connectivity index (χ0n) is 11.6. The van der Waals surface area contributed by atoms with Crippen LogP contribution in [0.4, 0.5) is 0 Å². The number of aromatic nitrogens is 2. The third-order valence-corrected chi connectivity index (χ3v) is 4.90. The van der Waals surface area contributed by atoms with Crippen molar-refractivity contribution in [3.63, 3.8) is 0 Å². The highest BCUT2D eigenvalue weighted by atomic mass is 15.2. The summed E-state index contributed by atoms with van der Waals surface area (Å²) in [6.45, 7) is 3.76. The largest absolute Gasteiger partial charge is 0.302 e. The van der Waals surface area contributed by atoms with E-state index in [1.54, 1.807) is 6.20 Å². The van der Waals surface area contributed by atoms with Crippen LogP contribution in [0.5, 0.6) is 0 Å². The minimum absolute atomic E-state index is 0.374. The van der Waals surface area contributed by atoms with Crippen LogP contribution in [-0.2, 0) is 5.41 Å². The summed E-state index contributed by atoms with van der Waals surface area (Å²) in [7, 11) is 0. The van der Waals surface area contributed by atoms with Crippen molar-refractivity contribution in [3.05, 3.63) is 48.4 Å². The van der Waals surface area contributed by atoms with Crippen LogP contribution in [0, 0.1) is 0 Å². The highest BCUT2D eigenvalue weighted by Crippen LogP contribution is 2.41. The van der Waals surface area contributed by atoms with E-state index in [1.165, 1.54) is 44.5 Å². The van der Waals surface area contributed by atoms with E-state index >= 15 is 0 Å². The van der Waals surface area contributed by atoms with Gasteiger partial charge in [0.15, 0.2) is 0 Å². The van der Waals surface area contributed by atoms with Gasteiger partial charge in [0.1, 0.15) is 0 Å². The number of nitrogens with zero attached hydrogens (tertiary/aromatic N) is 3. The molecule has 3 heteroatoms. The topological polar surface area (TPSA) is 29.0 Å². The van der Waals surface area contributed by atoms with Gasteiger partial charge in [0.05, 0.1) is 5.69 Å². The van der Waals surface area contributed by atoms with E-state index in [-0.39, 0.29) is 0 Å². The van der Waals surface area contributed by atoms with Crippen LogP contribution in [0.2, 0.25) is 0 Å². The lowest BCUT2D eigenvalue weighted by atomic mass is 9.75. The maximum absolute atomic E-state index is 4.68. The van der Waals surface area contributed by atoms with Crippen molar-refractivity contribution >= 4 is 0 Å². The maximum Gasteiger partial charge on any atom is 0.0717 e. The molecule has 2 aliphatic rings. The molecule has 0 spiro atoms. The Morgan fingerprint density at radius 3 is 2.85 bits per heavy atom. The van der Waals surface area contributed by atoms with Crippen molar-refractivity contribution in [2.24, 2.45) is 0 Å². The van der Waals surface area contributed by atoms with E-state index in [4.69, 9.17) is 0 Å². The molecular weight excluding hydrogens is 246 g/mol. The average molecular weight is 265 g/mol. The van der Waals surface area contributed by atoms with Crippen molar-refractivity contribution < 1.29 is 0 Å². The van der Waals surface area contributed by atoms with E-state index in [2.05, 4.69) is 39.3 Å². The molecule has 102 valence electrons. The highest BCUT2D eigenvalue weighted by molar-refractivity contribution is 5.57.